The molecule has 0 aliphatic heterocycles. The molecule has 0 aliphatic carbocycles. The van der Waals surface area contributed by atoms with Gasteiger partial charge in [0.2, 0.25) is 0 Å². The van der Waals surface area contributed by atoms with E-state index in [0.717, 1.165) is 0 Å². The SMILES string of the molecule is CCCCCCCCCCCCCCCC[N+](C)(C)CCN(C)C.[Br-]. The molecule has 0 heterocycles. The highest BCUT2D eigenvalue weighted by Crippen LogP contribution is 2.13. The van der Waals surface area contributed by atoms with E-state index >= 15 is 0 Å². The summed E-state index contributed by atoms with van der Waals surface area (Å²) in [5.74, 6) is 0. The van der Waals surface area contributed by atoms with Gasteiger partial charge in [-0.1, -0.05) is 84.0 Å². The second kappa shape index (κ2) is 19.2. The molecule has 0 aromatic heterocycles. The average molecular weight is 422 g/mol. The molecule has 0 saturated carbocycles. The molecule has 0 fully saturated rings. The number of unbranched alkanes of at least 4 members (excludes halogenated alkanes) is 13. The molecule has 0 radical (unpaired) electrons. The zero-order chi connectivity index (χ0) is 18.1. The number of rotatable bonds is 18. The van der Waals surface area contributed by atoms with Crippen LogP contribution >= 0.6 is 0 Å². The first kappa shape index (κ1) is 27.6. The van der Waals surface area contributed by atoms with Crippen LogP contribution in [0.3, 0.4) is 0 Å². The van der Waals surface area contributed by atoms with Gasteiger partial charge in [-0.15, -0.1) is 0 Å². The van der Waals surface area contributed by atoms with Crippen molar-refractivity contribution in [3.63, 3.8) is 0 Å². The Hall–Kier alpha value is 0.400. The van der Waals surface area contributed by atoms with Crippen LogP contribution in [-0.4, -0.2) is 57.2 Å². The number of hydrogen-bond acceptors (Lipinski definition) is 1. The topological polar surface area (TPSA) is 3.24 Å². The van der Waals surface area contributed by atoms with Crippen molar-refractivity contribution in [3.8, 4) is 0 Å². The number of nitrogens with zero attached hydrogens (tertiary/aromatic N) is 2. The molecule has 25 heavy (non-hydrogen) atoms. The molecule has 0 unspecified atom stereocenters. The normalized spacial score (nSPS) is 11.8. The summed E-state index contributed by atoms with van der Waals surface area (Å²) in [4.78, 5) is 2.30. The molecule has 0 N–H and O–H groups in total. The molecule has 154 valence electrons. The van der Waals surface area contributed by atoms with Gasteiger partial charge in [-0.05, 0) is 26.9 Å². The fraction of sp³-hybridized carbons (Fsp3) is 1.00. The van der Waals surface area contributed by atoms with Gasteiger partial charge in [0.1, 0.15) is 0 Å². The van der Waals surface area contributed by atoms with Gasteiger partial charge in [0, 0.05) is 6.54 Å². The van der Waals surface area contributed by atoms with Crippen LogP contribution < -0.4 is 17.0 Å². The lowest BCUT2D eigenvalue weighted by atomic mass is 10.0. The Labute approximate surface area is 171 Å². The molecule has 0 rings (SSSR count). The Bertz CT molecular complexity index is 254. The standard InChI is InChI=1S/C22H49N2.BrH/c1-6-7-8-9-10-11-12-13-14-15-16-17-18-19-21-24(4,5)22-20-23(2)3;/h6-22H2,1-5H3;1H/q+1;/p-1. The van der Waals surface area contributed by atoms with Crippen LogP contribution in [0.15, 0.2) is 0 Å². The van der Waals surface area contributed by atoms with Crippen molar-refractivity contribution in [2.45, 2.75) is 96.8 Å². The highest BCUT2D eigenvalue weighted by molar-refractivity contribution is 4.50. The summed E-state index contributed by atoms with van der Waals surface area (Å²) >= 11 is 0. The second-order valence-corrected chi connectivity index (χ2v) is 8.78. The molecule has 0 amide bonds. The largest absolute Gasteiger partial charge is 1.00 e. The fourth-order valence-electron chi connectivity index (χ4n) is 3.32. The van der Waals surface area contributed by atoms with E-state index in [1.165, 1.54) is 114 Å². The van der Waals surface area contributed by atoms with Gasteiger partial charge in [-0.3, -0.25) is 0 Å². The van der Waals surface area contributed by atoms with E-state index < -0.39 is 0 Å². The van der Waals surface area contributed by atoms with Crippen molar-refractivity contribution in [1.29, 1.82) is 0 Å². The smallest absolute Gasteiger partial charge is 0.0911 e. The van der Waals surface area contributed by atoms with Crippen LogP contribution in [0.4, 0.5) is 0 Å². The molecule has 3 heteroatoms. The van der Waals surface area contributed by atoms with Gasteiger partial charge in [0.15, 0.2) is 0 Å². The van der Waals surface area contributed by atoms with Crippen LogP contribution in [0.2, 0.25) is 0 Å². The summed E-state index contributed by atoms with van der Waals surface area (Å²) in [6, 6.07) is 0. The number of likely N-dealkylation sites (N-methyl/N-ethyl adjacent to an activating group) is 2. The Morgan fingerprint density at radius 2 is 0.920 bits per heavy atom. The third kappa shape index (κ3) is 22.4. The maximum atomic E-state index is 2.38. The summed E-state index contributed by atoms with van der Waals surface area (Å²) in [5, 5.41) is 0. The predicted molar refractivity (Wildman–Crippen MR) is 111 cm³/mol. The summed E-state index contributed by atoms with van der Waals surface area (Å²) in [5.41, 5.74) is 0. The Kier molecular flexibility index (Phi) is 21.2. The lowest BCUT2D eigenvalue weighted by molar-refractivity contribution is -0.890. The minimum absolute atomic E-state index is 0. The van der Waals surface area contributed by atoms with Gasteiger partial charge < -0.3 is 26.4 Å². The van der Waals surface area contributed by atoms with Crippen molar-refractivity contribution in [2.24, 2.45) is 0 Å². The minimum atomic E-state index is 0. The van der Waals surface area contributed by atoms with Crippen molar-refractivity contribution >= 4 is 0 Å². The molecular formula is C22H49BrN2. The molecule has 0 spiro atoms. The minimum Gasteiger partial charge on any atom is -1.00 e. The fourth-order valence-corrected chi connectivity index (χ4v) is 3.32. The highest BCUT2D eigenvalue weighted by Gasteiger charge is 2.14. The van der Waals surface area contributed by atoms with E-state index in [9.17, 15) is 0 Å². The van der Waals surface area contributed by atoms with Crippen molar-refractivity contribution in [2.75, 3.05) is 47.8 Å². The molecular weight excluding hydrogens is 372 g/mol. The van der Waals surface area contributed by atoms with E-state index in [0.29, 0.717) is 0 Å². The molecule has 0 aromatic carbocycles. The molecule has 0 saturated heterocycles. The molecule has 2 nitrogen and oxygen atoms in total. The average Bonchev–Trinajstić information content (AvgIpc) is 2.53. The van der Waals surface area contributed by atoms with Crippen LogP contribution in [0.1, 0.15) is 96.8 Å². The van der Waals surface area contributed by atoms with Crippen molar-refractivity contribution < 1.29 is 21.5 Å². The van der Waals surface area contributed by atoms with Crippen LogP contribution in [0.25, 0.3) is 0 Å². The van der Waals surface area contributed by atoms with Gasteiger partial charge in [-0.2, -0.15) is 0 Å². The summed E-state index contributed by atoms with van der Waals surface area (Å²) in [6.45, 7) is 6.11. The van der Waals surface area contributed by atoms with E-state index in [-0.39, 0.29) is 17.0 Å². The molecule has 0 atom stereocenters. The Morgan fingerprint density at radius 1 is 0.560 bits per heavy atom. The van der Waals surface area contributed by atoms with Gasteiger partial charge in [0.05, 0.1) is 27.2 Å². The Balaban J connectivity index is 0. The maximum Gasteiger partial charge on any atom is 0.0911 e. The molecule has 0 aliphatic rings. The highest BCUT2D eigenvalue weighted by atomic mass is 79.9. The van der Waals surface area contributed by atoms with Gasteiger partial charge in [0.25, 0.3) is 0 Å². The lowest BCUT2D eigenvalue weighted by Crippen LogP contribution is -3.00. The summed E-state index contributed by atoms with van der Waals surface area (Å²) < 4.78 is 1.18. The van der Waals surface area contributed by atoms with Crippen LogP contribution in [-0.2, 0) is 0 Å². The first-order chi connectivity index (χ1) is 11.5. The molecule has 0 bridgehead atoms. The number of quaternary nitrogens is 1. The number of halogens is 1. The van der Waals surface area contributed by atoms with E-state index in [1.807, 2.05) is 0 Å². The molecule has 0 aromatic rings. The van der Waals surface area contributed by atoms with Gasteiger partial charge >= 0.3 is 0 Å². The van der Waals surface area contributed by atoms with E-state index in [4.69, 9.17) is 0 Å². The quantitative estimate of drug-likeness (QED) is 0.243. The van der Waals surface area contributed by atoms with E-state index in [2.05, 4.69) is 40.0 Å². The van der Waals surface area contributed by atoms with Crippen molar-refractivity contribution in [3.05, 3.63) is 0 Å². The van der Waals surface area contributed by atoms with Crippen LogP contribution in [0.5, 0.6) is 0 Å². The summed E-state index contributed by atoms with van der Waals surface area (Å²) in [6.07, 6.45) is 20.3. The van der Waals surface area contributed by atoms with E-state index in [1.54, 1.807) is 0 Å². The Morgan fingerprint density at radius 3 is 1.28 bits per heavy atom. The predicted octanol–water partition coefficient (Wildman–Crippen LogP) is 3.11. The third-order valence-corrected chi connectivity index (χ3v) is 5.27. The third-order valence-electron chi connectivity index (χ3n) is 5.27. The number of hydrogen-bond donors (Lipinski definition) is 0. The maximum absolute atomic E-state index is 2.38. The first-order valence-electron chi connectivity index (χ1n) is 10.9. The van der Waals surface area contributed by atoms with Gasteiger partial charge in [-0.25, -0.2) is 0 Å². The zero-order valence-corrected chi connectivity index (χ0v) is 19.9. The first-order valence-corrected chi connectivity index (χ1v) is 10.9. The van der Waals surface area contributed by atoms with Crippen molar-refractivity contribution in [1.82, 2.24) is 4.90 Å². The van der Waals surface area contributed by atoms with Crippen LogP contribution in [0, 0.1) is 0 Å². The monoisotopic (exact) mass is 420 g/mol. The summed E-state index contributed by atoms with van der Waals surface area (Å²) in [7, 11) is 9.11. The zero-order valence-electron chi connectivity index (χ0n) is 18.3. The second-order valence-electron chi connectivity index (χ2n) is 8.78. The lowest BCUT2D eigenvalue weighted by Gasteiger charge is -2.31.